The van der Waals surface area contributed by atoms with E-state index in [1.165, 1.54) is 29.4 Å². The highest BCUT2D eigenvalue weighted by Crippen LogP contribution is 2.35. The summed E-state index contributed by atoms with van der Waals surface area (Å²) in [6.07, 6.45) is -2.72. The van der Waals surface area contributed by atoms with Crippen LogP contribution in [0.25, 0.3) is 22.1 Å². The van der Waals surface area contributed by atoms with Gasteiger partial charge in [-0.3, -0.25) is 9.59 Å². The van der Waals surface area contributed by atoms with E-state index in [4.69, 9.17) is 20.8 Å². The Morgan fingerprint density at radius 1 is 0.951 bits per heavy atom. The molecule has 0 radical (unpaired) electrons. The highest BCUT2D eigenvalue weighted by Gasteiger charge is 2.33. The molecular weight excluding hydrogens is 559 g/mol. The molecule has 0 aliphatic rings. The minimum Gasteiger partial charge on any atom is -0.508 e. The van der Waals surface area contributed by atoms with Gasteiger partial charge in [-0.15, -0.1) is 0 Å². The van der Waals surface area contributed by atoms with E-state index in [-0.39, 0.29) is 29.9 Å². The first-order chi connectivity index (χ1) is 19.6. The van der Waals surface area contributed by atoms with E-state index in [0.29, 0.717) is 45.5 Å². The van der Waals surface area contributed by atoms with Gasteiger partial charge >= 0.3 is 6.18 Å². The largest absolute Gasteiger partial charge is 0.508 e. The maximum absolute atomic E-state index is 13.2. The third-order valence-corrected chi connectivity index (χ3v) is 6.72. The molecule has 0 fully saturated rings. The average Bonchev–Trinajstić information content (AvgIpc) is 2.96. The van der Waals surface area contributed by atoms with Gasteiger partial charge in [-0.05, 0) is 65.2 Å². The van der Waals surface area contributed by atoms with Crippen LogP contribution in [0.3, 0.4) is 0 Å². The van der Waals surface area contributed by atoms with E-state index in [1.807, 2.05) is 0 Å². The molecule has 208 valence electrons. The van der Waals surface area contributed by atoms with Gasteiger partial charge in [0, 0.05) is 11.8 Å². The van der Waals surface area contributed by atoms with Crippen LogP contribution in [0.15, 0.2) is 100 Å². The number of benzene rings is 4. The lowest BCUT2D eigenvalue weighted by molar-refractivity contribution is -0.137. The molecule has 0 saturated heterocycles. The topological polar surface area (TPSA) is 80.0 Å². The van der Waals surface area contributed by atoms with Crippen molar-refractivity contribution >= 4 is 34.7 Å². The first-order valence-corrected chi connectivity index (χ1v) is 12.6. The van der Waals surface area contributed by atoms with E-state index in [0.717, 1.165) is 12.1 Å². The predicted molar refractivity (Wildman–Crippen MR) is 149 cm³/mol. The summed E-state index contributed by atoms with van der Waals surface area (Å²) >= 11 is 5.71. The zero-order chi connectivity index (χ0) is 29.1. The van der Waals surface area contributed by atoms with Gasteiger partial charge in [-0.25, -0.2) is 0 Å². The molecule has 5 rings (SSSR count). The molecule has 6 nitrogen and oxygen atoms in total. The third-order valence-electron chi connectivity index (χ3n) is 6.39. The molecule has 0 aliphatic carbocycles. The van der Waals surface area contributed by atoms with Crippen molar-refractivity contribution in [1.82, 2.24) is 0 Å². The van der Waals surface area contributed by atoms with Gasteiger partial charge in [0.25, 0.3) is 0 Å². The number of aromatic hydroxyl groups is 1. The van der Waals surface area contributed by atoms with Crippen molar-refractivity contribution in [2.45, 2.75) is 19.3 Å². The number of hydrogen-bond acceptors (Lipinski definition) is 5. The van der Waals surface area contributed by atoms with Crippen LogP contribution >= 0.6 is 11.6 Å². The average molecular weight is 580 g/mol. The summed E-state index contributed by atoms with van der Waals surface area (Å²) in [6, 6.07) is 21.4. The van der Waals surface area contributed by atoms with Gasteiger partial charge < -0.3 is 19.2 Å². The molecule has 10 heteroatoms. The molecule has 1 N–H and O–H groups in total. The highest BCUT2D eigenvalue weighted by atomic mass is 35.5. The van der Waals surface area contributed by atoms with Crippen molar-refractivity contribution in [3.05, 3.63) is 123 Å². The number of hydrogen-bond donors (Lipinski definition) is 1. The SMILES string of the molecule is O=CN(Cc1ccc(Cl)c(C(F)(F)F)c1)c1cccc(COc2ccc3c(=O)c(-c4ccc(O)cc4)coc3c2)c1. The molecule has 4 aromatic carbocycles. The van der Waals surface area contributed by atoms with Crippen molar-refractivity contribution in [1.29, 1.82) is 0 Å². The van der Waals surface area contributed by atoms with Gasteiger partial charge in [0.15, 0.2) is 5.43 Å². The zero-order valence-corrected chi connectivity index (χ0v) is 21.9. The molecular formula is C31H21ClF3NO5. The second-order valence-electron chi connectivity index (χ2n) is 9.19. The summed E-state index contributed by atoms with van der Waals surface area (Å²) in [5.41, 5.74) is 1.54. The smallest absolute Gasteiger partial charge is 0.417 e. The van der Waals surface area contributed by atoms with Crippen molar-refractivity contribution < 1.29 is 32.2 Å². The molecule has 0 atom stereocenters. The quantitative estimate of drug-likeness (QED) is 0.192. The minimum atomic E-state index is -4.61. The molecule has 1 amide bonds. The summed E-state index contributed by atoms with van der Waals surface area (Å²) < 4.78 is 51.3. The standard InChI is InChI=1S/C31H21ClF3NO5/c32-28-11-4-19(13-27(28)31(33,34)35)15-36(18-37)22-3-1-2-20(12-22)16-40-24-9-10-25-29(14-24)41-17-26(30(25)39)21-5-7-23(38)8-6-21/h1-14,17-18,38H,15-16H2. The Morgan fingerprint density at radius 2 is 1.73 bits per heavy atom. The van der Waals surface area contributed by atoms with Gasteiger partial charge in [0.2, 0.25) is 6.41 Å². The van der Waals surface area contributed by atoms with Crippen LogP contribution in [0.5, 0.6) is 11.5 Å². The van der Waals surface area contributed by atoms with Crippen LogP contribution in [0.4, 0.5) is 18.9 Å². The molecule has 1 heterocycles. The lowest BCUT2D eigenvalue weighted by Crippen LogP contribution is -2.21. The Balaban J connectivity index is 1.31. The number of phenolic OH excluding ortho intramolecular Hbond substituents is 1. The number of amides is 1. The fraction of sp³-hybridized carbons (Fsp3) is 0.0968. The number of anilines is 1. The Hall–Kier alpha value is -4.76. The second-order valence-corrected chi connectivity index (χ2v) is 9.59. The van der Waals surface area contributed by atoms with Gasteiger partial charge in [-0.1, -0.05) is 41.9 Å². The molecule has 0 unspecified atom stereocenters. The summed E-state index contributed by atoms with van der Waals surface area (Å²) in [7, 11) is 0. The van der Waals surface area contributed by atoms with Crippen LogP contribution in [-0.4, -0.2) is 11.5 Å². The number of nitrogens with zero attached hydrogens (tertiary/aromatic N) is 1. The van der Waals surface area contributed by atoms with Crippen molar-refractivity contribution in [2.75, 3.05) is 4.90 Å². The van der Waals surface area contributed by atoms with Gasteiger partial charge in [0.05, 0.1) is 28.1 Å². The van der Waals surface area contributed by atoms with E-state index >= 15 is 0 Å². The van der Waals surface area contributed by atoms with Gasteiger partial charge in [-0.2, -0.15) is 13.2 Å². The fourth-order valence-corrected chi connectivity index (χ4v) is 4.53. The predicted octanol–water partition coefficient (Wildman–Crippen LogP) is 7.58. The Bertz CT molecular complexity index is 1780. The monoisotopic (exact) mass is 579 g/mol. The lowest BCUT2D eigenvalue weighted by Gasteiger charge is -2.20. The summed E-state index contributed by atoms with van der Waals surface area (Å²) in [6.45, 7) is 0.0188. The lowest BCUT2D eigenvalue weighted by atomic mass is 10.1. The zero-order valence-electron chi connectivity index (χ0n) is 21.2. The Labute approximate surface area is 236 Å². The first kappa shape index (κ1) is 27.8. The number of rotatable bonds is 8. The summed E-state index contributed by atoms with van der Waals surface area (Å²) in [5.74, 6) is 0.530. The Morgan fingerprint density at radius 3 is 2.46 bits per heavy atom. The number of ether oxygens (including phenoxy) is 1. The van der Waals surface area contributed by atoms with Crippen LogP contribution in [0.1, 0.15) is 16.7 Å². The summed E-state index contributed by atoms with van der Waals surface area (Å²) in [4.78, 5) is 26.1. The number of carbonyl (C=O) groups excluding carboxylic acids is 1. The number of fused-ring (bicyclic) bond motifs is 1. The maximum Gasteiger partial charge on any atom is 0.417 e. The van der Waals surface area contributed by atoms with E-state index in [2.05, 4.69) is 0 Å². The summed E-state index contributed by atoms with van der Waals surface area (Å²) in [5, 5.41) is 9.44. The van der Waals surface area contributed by atoms with E-state index < -0.39 is 16.8 Å². The maximum atomic E-state index is 13.2. The van der Waals surface area contributed by atoms with Crippen molar-refractivity contribution in [3.63, 3.8) is 0 Å². The number of halogens is 4. The van der Waals surface area contributed by atoms with Crippen LogP contribution in [0, 0.1) is 0 Å². The molecule has 1 aromatic heterocycles. The molecule has 0 bridgehead atoms. The molecule has 0 spiro atoms. The first-order valence-electron chi connectivity index (χ1n) is 12.3. The molecule has 41 heavy (non-hydrogen) atoms. The Kier molecular flexibility index (Phi) is 7.72. The van der Waals surface area contributed by atoms with Gasteiger partial charge in [0.1, 0.15) is 30.0 Å². The fourth-order valence-electron chi connectivity index (χ4n) is 4.30. The molecule has 5 aromatic rings. The number of carbonyl (C=O) groups is 1. The third kappa shape index (κ3) is 6.20. The molecule has 0 saturated carbocycles. The normalized spacial score (nSPS) is 11.4. The van der Waals surface area contributed by atoms with Crippen molar-refractivity contribution in [3.8, 4) is 22.6 Å². The minimum absolute atomic E-state index is 0.0891. The highest BCUT2D eigenvalue weighted by molar-refractivity contribution is 6.31. The molecule has 0 aliphatic heterocycles. The van der Waals surface area contributed by atoms with Crippen LogP contribution < -0.4 is 15.1 Å². The van der Waals surface area contributed by atoms with Crippen LogP contribution in [0.2, 0.25) is 5.02 Å². The van der Waals surface area contributed by atoms with E-state index in [9.17, 15) is 27.9 Å². The number of phenols is 1. The van der Waals surface area contributed by atoms with Crippen LogP contribution in [-0.2, 0) is 24.1 Å². The van der Waals surface area contributed by atoms with E-state index in [1.54, 1.807) is 54.6 Å². The second kappa shape index (κ2) is 11.4. The van der Waals surface area contributed by atoms with Crippen molar-refractivity contribution in [2.24, 2.45) is 0 Å². The number of alkyl halides is 3.